The van der Waals surface area contributed by atoms with Crippen molar-refractivity contribution in [1.29, 1.82) is 0 Å². The van der Waals surface area contributed by atoms with Gasteiger partial charge in [-0.1, -0.05) is 22.9 Å². The van der Waals surface area contributed by atoms with Gasteiger partial charge in [0, 0.05) is 11.1 Å². The summed E-state index contributed by atoms with van der Waals surface area (Å²) in [6.45, 7) is 0. The number of benzene rings is 2. The Morgan fingerprint density at radius 2 is 2.13 bits per heavy atom. The summed E-state index contributed by atoms with van der Waals surface area (Å²) in [5.41, 5.74) is 8.62. The number of nitrogen functional groups attached to an aromatic ring is 1. The van der Waals surface area contributed by atoms with E-state index < -0.39 is 0 Å². The summed E-state index contributed by atoms with van der Waals surface area (Å²) in [5.74, 6) is 0.696. The van der Waals surface area contributed by atoms with Crippen molar-refractivity contribution in [1.82, 2.24) is 9.97 Å². The number of anilines is 3. The van der Waals surface area contributed by atoms with Gasteiger partial charge in [-0.05, 0) is 24.3 Å². The Morgan fingerprint density at radius 1 is 1.26 bits per heavy atom. The van der Waals surface area contributed by atoms with Crippen LogP contribution in [0.25, 0.3) is 21.3 Å². The quantitative estimate of drug-likeness (QED) is 0.534. The highest BCUT2D eigenvalue weighted by Crippen LogP contribution is 2.35. The van der Waals surface area contributed by atoms with Crippen LogP contribution in [0.1, 0.15) is 0 Å². The van der Waals surface area contributed by atoms with Crippen molar-refractivity contribution in [3.63, 3.8) is 0 Å². The molecule has 4 aromatic rings. The molecule has 6 nitrogen and oxygen atoms in total. The first-order valence-corrected chi connectivity index (χ1v) is 7.89. The molecule has 0 saturated carbocycles. The van der Waals surface area contributed by atoms with E-state index in [0.717, 1.165) is 10.2 Å². The molecule has 0 aliphatic carbocycles. The Bertz CT molecular complexity index is 1030. The smallest absolute Gasteiger partial charge is 0.302 e. The predicted molar refractivity (Wildman–Crippen MR) is 92.9 cm³/mol. The van der Waals surface area contributed by atoms with E-state index in [1.807, 2.05) is 6.07 Å². The number of rotatable bonds is 3. The van der Waals surface area contributed by atoms with E-state index in [1.54, 1.807) is 31.4 Å². The lowest BCUT2D eigenvalue weighted by atomic mass is 10.3. The van der Waals surface area contributed by atoms with Gasteiger partial charge in [0.25, 0.3) is 0 Å². The summed E-state index contributed by atoms with van der Waals surface area (Å²) < 4.78 is 11.8. The highest BCUT2D eigenvalue weighted by atomic mass is 35.5. The second kappa shape index (κ2) is 5.29. The van der Waals surface area contributed by atoms with Gasteiger partial charge in [-0.3, -0.25) is 5.32 Å². The summed E-state index contributed by atoms with van der Waals surface area (Å²) in [4.78, 5) is 8.82. The molecular formula is C15H11ClN4O2S. The average Bonchev–Trinajstić information content (AvgIpc) is 3.10. The van der Waals surface area contributed by atoms with Crippen LogP contribution in [0, 0.1) is 0 Å². The van der Waals surface area contributed by atoms with Crippen LogP contribution in [0.15, 0.2) is 34.7 Å². The molecule has 116 valence electrons. The normalized spacial score (nSPS) is 11.2. The number of oxazole rings is 1. The molecule has 3 N–H and O–H groups in total. The van der Waals surface area contributed by atoms with E-state index in [0.29, 0.717) is 38.7 Å². The van der Waals surface area contributed by atoms with Crippen LogP contribution in [0.5, 0.6) is 5.75 Å². The van der Waals surface area contributed by atoms with Gasteiger partial charge < -0.3 is 14.9 Å². The van der Waals surface area contributed by atoms with Crippen molar-refractivity contribution < 1.29 is 9.15 Å². The molecule has 0 bridgehead atoms. The number of hydrogen-bond donors (Lipinski definition) is 2. The van der Waals surface area contributed by atoms with Crippen molar-refractivity contribution in [2.45, 2.75) is 0 Å². The SMILES string of the molecule is COc1cc(N)c2nc(Nc3nc4cc(Cl)ccc4o3)sc2c1. The summed E-state index contributed by atoms with van der Waals surface area (Å²) in [6.07, 6.45) is 0. The number of nitrogens with one attached hydrogen (secondary N) is 1. The van der Waals surface area contributed by atoms with Gasteiger partial charge in [-0.2, -0.15) is 4.98 Å². The van der Waals surface area contributed by atoms with Crippen molar-refractivity contribution >= 4 is 61.1 Å². The van der Waals surface area contributed by atoms with E-state index in [2.05, 4.69) is 15.3 Å². The third kappa shape index (κ3) is 2.54. The number of thiazole rings is 1. The van der Waals surface area contributed by atoms with Crippen molar-refractivity contribution in [3.05, 3.63) is 35.4 Å². The van der Waals surface area contributed by atoms with E-state index in [9.17, 15) is 0 Å². The van der Waals surface area contributed by atoms with Crippen LogP contribution < -0.4 is 15.8 Å². The molecule has 0 aliphatic rings. The Hall–Kier alpha value is -2.51. The van der Waals surface area contributed by atoms with Gasteiger partial charge in [-0.15, -0.1) is 0 Å². The number of aromatic nitrogens is 2. The molecule has 0 fully saturated rings. The van der Waals surface area contributed by atoms with Gasteiger partial charge >= 0.3 is 6.01 Å². The second-order valence-corrected chi connectivity index (χ2v) is 6.31. The third-order valence-corrected chi connectivity index (χ3v) is 4.45. The predicted octanol–water partition coefficient (Wildman–Crippen LogP) is 4.43. The van der Waals surface area contributed by atoms with Crippen LogP contribution in [0.2, 0.25) is 5.02 Å². The maximum atomic E-state index is 6.00. The lowest BCUT2D eigenvalue weighted by molar-refractivity contribution is 0.415. The minimum absolute atomic E-state index is 0.354. The number of hydrogen-bond acceptors (Lipinski definition) is 7. The van der Waals surface area contributed by atoms with E-state index in [-0.39, 0.29) is 0 Å². The number of halogens is 1. The molecule has 2 aromatic heterocycles. The first-order valence-electron chi connectivity index (χ1n) is 6.69. The summed E-state index contributed by atoms with van der Waals surface area (Å²) in [7, 11) is 1.60. The minimum Gasteiger partial charge on any atom is -0.497 e. The molecule has 0 amide bonds. The minimum atomic E-state index is 0.354. The Kier molecular flexibility index (Phi) is 3.24. The fourth-order valence-electron chi connectivity index (χ4n) is 2.25. The highest BCUT2D eigenvalue weighted by molar-refractivity contribution is 7.22. The summed E-state index contributed by atoms with van der Waals surface area (Å²) >= 11 is 7.39. The number of fused-ring (bicyclic) bond motifs is 2. The van der Waals surface area contributed by atoms with Crippen molar-refractivity contribution in [2.24, 2.45) is 0 Å². The van der Waals surface area contributed by atoms with Crippen LogP contribution in [-0.4, -0.2) is 17.1 Å². The van der Waals surface area contributed by atoms with E-state index >= 15 is 0 Å². The van der Waals surface area contributed by atoms with Gasteiger partial charge in [-0.25, -0.2) is 4.98 Å². The zero-order chi connectivity index (χ0) is 16.0. The van der Waals surface area contributed by atoms with Crippen LogP contribution in [0.3, 0.4) is 0 Å². The largest absolute Gasteiger partial charge is 0.497 e. The molecule has 0 unspecified atom stereocenters. The fraction of sp³-hybridized carbons (Fsp3) is 0.0667. The zero-order valence-electron chi connectivity index (χ0n) is 12.0. The third-order valence-electron chi connectivity index (χ3n) is 3.30. The Balaban J connectivity index is 1.72. The number of methoxy groups -OCH3 is 1. The lowest BCUT2D eigenvalue weighted by Gasteiger charge is -2.00. The first kappa shape index (κ1) is 14.1. The van der Waals surface area contributed by atoms with Crippen molar-refractivity contribution in [2.75, 3.05) is 18.2 Å². The summed E-state index contributed by atoms with van der Waals surface area (Å²) in [5, 5.41) is 4.30. The summed E-state index contributed by atoms with van der Waals surface area (Å²) in [6, 6.07) is 9.26. The zero-order valence-corrected chi connectivity index (χ0v) is 13.5. The topological polar surface area (TPSA) is 86.2 Å². The fourth-order valence-corrected chi connectivity index (χ4v) is 3.33. The molecular weight excluding hydrogens is 336 g/mol. The molecule has 0 radical (unpaired) electrons. The molecule has 23 heavy (non-hydrogen) atoms. The Labute approximate surface area is 139 Å². The monoisotopic (exact) mass is 346 g/mol. The number of nitrogens with zero attached hydrogens (tertiary/aromatic N) is 2. The standard InChI is InChI=1S/C15H11ClN4O2S/c1-21-8-5-9(17)13-12(6-8)23-15(19-13)20-14-18-10-4-7(16)2-3-11(10)22-14/h2-6H,17H2,1H3,(H,18,19,20). The van der Waals surface area contributed by atoms with Crippen molar-refractivity contribution in [3.8, 4) is 5.75 Å². The Morgan fingerprint density at radius 3 is 2.96 bits per heavy atom. The molecule has 0 spiro atoms. The van der Waals surface area contributed by atoms with Gasteiger partial charge in [0.05, 0.1) is 17.5 Å². The van der Waals surface area contributed by atoms with Gasteiger partial charge in [0.15, 0.2) is 10.7 Å². The number of ether oxygens (including phenoxy) is 1. The molecule has 0 aliphatic heterocycles. The first-order chi connectivity index (χ1) is 11.1. The molecule has 8 heteroatoms. The van der Waals surface area contributed by atoms with Crippen LogP contribution in [-0.2, 0) is 0 Å². The van der Waals surface area contributed by atoms with E-state index in [1.165, 1.54) is 11.3 Å². The van der Waals surface area contributed by atoms with Gasteiger partial charge in [0.2, 0.25) is 0 Å². The highest BCUT2D eigenvalue weighted by Gasteiger charge is 2.12. The maximum absolute atomic E-state index is 6.00. The van der Waals surface area contributed by atoms with Gasteiger partial charge in [0.1, 0.15) is 16.8 Å². The average molecular weight is 347 g/mol. The molecule has 0 atom stereocenters. The maximum Gasteiger partial charge on any atom is 0.302 e. The lowest BCUT2D eigenvalue weighted by Crippen LogP contribution is -1.91. The molecule has 2 aromatic carbocycles. The van der Waals surface area contributed by atoms with Crippen LogP contribution in [0.4, 0.5) is 16.8 Å². The molecule has 2 heterocycles. The second-order valence-electron chi connectivity index (χ2n) is 4.84. The number of nitrogens with two attached hydrogens (primary N) is 1. The molecule has 4 rings (SSSR count). The molecule has 0 saturated heterocycles. The van der Waals surface area contributed by atoms with E-state index in [4.69, 9.17) is 26.5 Å². The van der Waals surface area contributed by atoms with Crippen LogP contribution >= 0.6 is 22.9 Å².